The number of nitro benzene ring substituents is 1. The summed E-state index contributed by atoms with van der Waals surface area (Å²) < 4.78 is 1.40. The molecule has 0 saturated heterocycles. The first-order valence-corrected chi connectivity index (χ1v) is 6.29. The zero-order valence-electron chi connectivity index (χ0n) is 11.4. The Morgan fingerprint density at radius 2 is 2.10 bits per heavy atom. The van der Waals surface area contributed by atoms with Gasteiger partial charge in [-0.3, -0.25) is 10.1 Å². The molecule has 0 saturated carbocycles. The number of aromatic nitrogens is 3. The lowest BCUT2D eigenvalue weighted by molar-refractivity contribution is -0.384. The van der Waals surface area contributed by atoms with Crippen LogP contribution >= 0.6 is 0 Å². The van der Waals surface area contributed by atoms with Gasteiger partial charge < -0.3 is 10.6 Å². The van der Waals surface area contributed by atoms with Gasteiger partial charge in [0, 0.05) is 25.2 Å². The Hall–Kier alpha value is -2.64. The number of benzene rings is 1. The fraction of sp³-hybridized carbons (Fsp3) is 0.333. The zero-order chi connectivity index (χ0) is 14.7. The maximum Gasteiger partial charge on any atom is 0.271 e. The summed E-state index contributed by atoms with van der Waals surface area (Å²) in [6.45, 7) is 5.51. The van der Waals surface area contributed by atoms with Crippen molar-refractivity contribution in [2.75, 3.05) is 23.7 Å². The van der Waals surface area contributed by atoms with Gasteiger partial charge in [0.2, 0.25) is 11.9 Å². The topological polar surface area (TPSA) is 103 Å². The van der Waals surface area contributed by atoms with E-state index < -0.39 is 4.92 Å². The number of non-ortho nitro benzene ring substituents is 1. The summed E-state index contributed by atoms with van der Waals surface area (Å²) in [5.74, 6) is 0.714. The second-order valence-electron chi connectivity index (χ2n) is 4.13. The lowest BCUT2D eigenvalue weighted by Gasteiger charge is -2.15. The highest BCUT2D eigenvalue weighted by molar-refractivity contribution is 5.47. The monoisotopic (exact) mass is 276 g/mol. The maximum atomic E-state index is 10.8. The third-order valence-electron chi connectivity index (χ3n) is 2.95. The summed E-state index contributed by atoms with van der Waals surface area (Å²) >= 11 is 0. The zero-order valence-corrected chi connectivity index (χ0v) is 11.4. The summed E-state index contributed by atoms with van der Waals surface area (Å²) in [5, 5.41) is 15.1. The standard InChI is InChI=1S/C12H16N6O2/c1-3-16(4-2)12-14-11(13)17(15-12)9-6-5-7-10(8-9)18(19)20/h5-8H,3-4H2,1-2H3,(H2,13,14,15). The molecule has 0 aliphatic heterocycles. The van der Waals surface area contributed by atoms with E-state index in [-0.39, 0.29) is 11.6 Å². The number of anilines is 2. The second kappa shape index (κ2) is 5.55. The molecule has 20 heavy (non-hydrogen) atoms. The first-order chi connectivity index (χ1) is 9.56. The minimum atomic E-state index is -0.456. The Bertz CT molecular complexity index is 620. The van der Waals surface area contributed by atoms with E-state index in [1.54, 1.807) is 12.1 Å². The number of rotatable bonds is 5. The average molecular weight is 276 g/mol. The van der Waals surface area contributed by atoms with E-state index in [4.69, 9.17) is 5.73 Å². The van der Waals surface area contributed by atoms with Crippen molar-refractivity contribution in [3.63, 3.8) is 0 Å². The quantitative estimate of drug-likeness (QED) is 0.657. The number of nitro groups is 1. The smallest absolute Gasteiger partial charge is 0.271 e. The van der Waals surface area contributed by atoms with E-state index in [0.717, 1.165) is 13.1 Å². The van der Waals surface area contributed by atoms with Gasteiger partial charge in [-0.2, -0.15) is 9.67 Å². The molecule has 8 heteroatoms. The molecule has 106 valence electrons. The van der Waals surface area contributed by atoms with Crippen molar-refractivity contribution in [1.29, 1.82) is 0 Å². The van der Waals surface area contributed by atoms with Crippen LogP contribution in [0.1, 0.15) is 13.8 Å². The fourth-order valence-corrected chi connectivity index (χ4v) is 1.88. The van der Waals surface area contributed by atoms with Crippen LogP contribution < -0.4 is 10.6 Å². The lowest BCUT2D eigenvalue weighted by atomic mass is 10.3. The van der Waals surface area contributed by atoms with E-state index in [1.807, 2.05) is 18.7 Å². The highest BCUT2D eigenvalue weighted by Crippen LogP contribution is 2.20. The molecule has 1 aromatic carbocycles. The molecule has 1 heterocycles. The Morgan fingerprint density at radius 3 is 2.70 bits per heavy atom. The maximum absolute atomic E-state index is 10.8. The van der Waals surface area contributed by atoms with E-state index in [2.05, 4.69) is 10.1 Å². The van der Waals surface area contributed by atoms with Crippen molar-refractivity contribution in [2.24, 2.45) is 0 Å². The van der Waals surface area contributed by atoms with Gasteiger partial charge in [0.15, 0.2) is 0 Å². The summed E-state index contributed by atoms with van der Waals surface area (Å²) in [5.41, 5.74) is 6.34. The molecule has 8 nitrogen and oxygen atoms in total. The molecule has 0 fully saturated rings. The van der Waals surface area contributed by atoms with Crippen LogP contribution in [-0.2, 0) is 0 Å². The second-order valence-corrected chi connectivity index (χ2v) is 4.13. The van der Waals surface area contributed by atoms with Gasteiger partial charge in [0.25, 0.3) is 5.69 Å². The van der Waals surface area contributed by atoms with E-state index >= 15 is 0 Å². The molecule has 0 atom stereocenters. The number of nitrogens with zero attached hydrogens (tertiary/aromatic N) is 5. The number of hydrogen-bond donors (Lipinski definition) is 1. The third kappa shape index (κ3) is 2.53. The molecule has 2 aromatic rings. The molecule has 0 bridgehead atoms. The minimum Gasteiger partial charge on any atom is -0.368 e. The summed E-state index contributed by atoms with van der Waals surface area (Å²) in [4.78, 5) is 16.5. The predicted octanol–water partition coefficient (Wildman–Crippen LogP) is 1.60. The van der Waals surface area contributed by atoms with Gasteiger partial charge in [-0.1, -0.05) is 6.07 Å². The van der Waals surface area contributed by atoms with Gasteiger partial charge in [-0.05, 0) is 19.9 Å². The van der Waals surface area contributed by atoms with Crippen LogP contribution in [0.2, 0.25) is 0 Å². The normalized spacial score (nSPS) is 10.5. The molecule has 0 spiro atoms. The van der Waals surface area contributed by atoms with Crippen molar-refractivity contribution in [3.05, 3.63) is 34.4 Å². The predicted molar refractivity (Wildman–Crippen MR) is 76.0 cm³/mol. The highest BCUT2D eigenvalue weighted by atomic mass is 16.6. The number of hydrogen-bond acceptors (Lipinski definition) is 6. The molecule has 0 radical (unpaired) electrons. The van der Waals surface area contributed by atoms with Gasteiger partial charge in [0.05, 0.1) is 10.6 Å². The SMILES string of the molecule is CCN(CC)c1nc(N)n(-c2cccc([N+](=O)[O-])c2)n1. The first kappa shape index (κ1) is 13.8. The first-order valence-electron chi connectivity index (χ1n) is 6.29. The highest BCUT2D eigenvalue weighted by Gasteiger charge is 2.14. The molecule has 0 amide bonds. The van der Waals surface area contributed by atoms with Crippen molar-refractivity contribution in [3.8, 4) is 5.69 Å². The van der Waals surface area contributed by atoms with Crippen molar-refractivity contribution >= 4 is 17.6 Å². The molecular weight excluding hydrogens is 260 g/mol. The Kier molecular flexibility index (Phi) is 3.83. The third-order valence-corrected chi connectivity index (χ3v) is 2.95. The van der Waals surface area contributed by atoms with Gasteiger partial charge in [-0.25, -0.2) is 0 Å². The van der Waals surface area contributed by atoms with Crippen LogP contribution in [0.15, 0.2) is 24.3 Å². The lowest BCUT2D eigenvalue weighted by Crippen LogP contribution is -2.23. The van der Waals surface area contributed by atoms with Gasteiger partial charge >= 0.3 is 0 Å². The summed E-state index contributed by atoms with van der Waals surface area (Å²) in [6, 6.07) is 6.12. The molecular formula is C12H16N6O2. The molecule has 1 aromatic heterocycles. The van der Waals surface area contributed by atoms with Crippen LogP contribution in [0.4, 0.5) is 17.6 Å². The average Bonchev–Trinajstić information content (AvgIpc) is 2.82. The number of nitrogens with two attached hydrogens (primary N) is 1. The van der Waals surface area contributed by atoms with Crippen LogP contribution in [-0.4, -0.2) is 32.8 Å². The number of nitrogen functional groups attached to an aromatic ring is 1. The molecule has 2 N–H and O–H groups in total. The Labute approximate surface area is 116 Å². The van der Waals surface area contributed by atoms with E-state index in [9.17, 15) is 10.1 Å². The van der Waals surface area contributed by atoms with Crippen LogP contribution in [0.25, 0.3) is 5.69 Å². The molecule has 0 unspecified atom stereocenters. The van der Waals surface area contributed by atoms with Crippen LogP contribution in [0.3, 0.4) is 0 Å². The van der Waals surface area contributed by atoms with Gasteiger partial charge in [0.1, 0.15) is 0 Å². The van der Waals surface area contributed by atoms with Crippen molar-refractivity contribution in [2.45, 2.75) is 13.8 Å². The molecule has 0 aliphatic carbocycles. The molecule has 0 aliphatic rings. The minimum absolute atomic E-state index is 0.0122. The van der Waals surface area contributed by atoms with Gasteiger partial charge in [-0.15, -0.1) is 5.10 Å². The van der Waals surface area contributed by atoms with Crippen molar-refractivity contribution < 1.29 is 4.92 Å². The Balaban J connectivity index is 2.43. The van der Waals surface area contributed by atoms with Crippen LogP contribution in [0.5, 0.6) is 0 Å². The summed E-state index contributed by atoms with van der Waals surface area (Å²) in [6.07, 6.45) is 0. The Morgan fingerprint density at radius 1 is 1.40 bits per heavy atom. The largest absolute Gasteiger partial charge is 0.368 e. The fourth-order valence-electron chi connectivity index (χ4n) is 1.88. The summed E-state index contributed by atoms with van der Waals surface area (Å²) in [7, 11) is 0. The van der Waals surface area contributed by atoms with E-state index in [1.165, 1.54) is 16.8 Å². The van der Waals surface area contributed by atoms with E-state index in [0.29, 0.717) is 11.6 Å². The van der Waals surface area contributed by atoms with Crippen molar-refractivity contribution in [1.82, 2.24) is 14.8 Å². The molecule has 2 rings (SSSR count). The van der Waals surface area contributed by atoms with Crippen LogP contribution in [0, 0.1) is 10.1 Å².